The second-order valence-electron chi connectivity index (χ2n) is 5.65. The van der Waals surface area contributed by atoms with E-state index in [0.717, 1.165) is 36.1 Å². The predicted molar refractivity (Wildman–Crippen MR) is 90.2 cm³/mol. The number of rotatable bonds is 3. The average molecular weight is 335 g/mol. The predicted octanol–water partition coefficient (Wildman–Crippen LogP) is 3.25. The number of amides is 1. The van der Waals surface area contributed by atoms with E-state index < -0.39 is 6.09 Å². The Labute approximate surface area is 139 Å². The van der Waals surface area contributed by atoms with Crippen LogP contribution < -0.4 is 4.90 Å². The van der Waals surface area contributed by atoms with Crippen molar-refractivity contribution in [3.63, 3.8) is 0 Å². The highest BCUT2D eigenvalue weighted by molar-refractivity contribution is 6.31. The molecular formula is C16H19ClN4O2. The van der Waals surface area contributed by atoms with Gasteiger partial charge in [0.1, 0.15) is 12.1 Å². The molecule has 0 unspecified atom stereocenters. The molecule has 1 fully saturated rings. The molecule has 1 aromatic heterocycles. The number of aromatic nitrogens is 2. The number of benzene rings is 1. The summed E-state index contributed by atoms with van der Waals surface area (Å²) in [6.07, 6.45) is 2.32. The first-order valence-electron chi connectivity index (χ1n) is 7.75. The molecule has 1 amide bonds. The number of carbonyl (C=O) groups is 1. The lowest BCUT2D eigenvalue weighted by Gasteiger charge is -2.38. The summed E-state index contributed by atoms with van der Waals surface area (Å²) in [7, 11) is 0. The maximum Gasteiger partial charge on any atom is 0.407 e. The van der Waals surface area contributed by atoms with E-state index in [1.54, 1.807) is 6.33 Å². The van der Waals surface area contributed by atoms with Crippen molar-refractivity contribution in [3.8, 4) is 0 Å². The first kappa shape index (κ1) is 15.8. The van der Waals surface area contributed by atoms with E-state index >= 15 is 0 Å². The third-order valence-electron chi connectivity index (χ3n) is 4.36. The summed E-state index contributed by atoms with van der Waals surface area (Å²) in [4.78, 5) is 23.5. The molecule has 0 saturated carbocycles. The van der Waals surface area contributed by atoms with E-state index in [0.29, 0.717) is 18.1 Å². The van der Waals surface area contributed by atoms with E-state index in [9.17, 15) is 4.79 Å². The van der Waals surface area contributed by atoms with Crippen LogP contribution in [0, 0.1) is 0 Å². The zero-order valence-electron chi connectivity index (χ0n) is 12.9. The van der Waals surface area contributed by atoms with Gasteiger partial charge in [0.25, 0.3) is 0 Å². The van der Waals surface area contributed by atoms with Gasteiger partial charge in [-0.15, -0.1) is 0 Å². The SMILES string of the molecule is CCN(c1ncnc2ccc(Cl)cc12)C1CCN(C(=O)O)CC1. The zero-order chi connectivity index (χ0) is 16.4. The lowest BCUT2D eigenvalue weighted by Crippen LogP contribution is -2.46. The van der Waals surface area contributed by atoms with Crippen LogP contribution in [0.1, 0.15) is 19.8 Å². The first-order valence-corrected chi connectivity index (χ1v) is 8.12. The van der Waals surface area contributed by atoms with E-state index in [2.05, 4.69) is 21.8 Å². The Morgan fingerprint density at radius 2 is 2.13 bits per heavy atom. The lowest BCUT2D eigenvalue weighted by molar-refractivity contribution is 0.131. The minimum Gasteiger partial charge on any atom is -0.465 e. The minimum absolute atomic E-state index is 0.271. The number of nitrogens with zero attached hydrogens (tertiary/aromatic N) is 4. The van der Waals surface area contributed by atoms with Crippen molar-refractivity contribution in [2.75, 3.05) is 24.5 Å². The maximum absolute atomic E-state index is 11.1. The van der Waals surface area contributed by atoms with Crippen LogP contribution in [-0.2, 0) is 0 Å². The Balaban J connectivity index is 1.90. The highest BCUT2D eigenvalue weighted by Crippen LogP contribution is 2.29. The van der Waals surface area contributed by atoms with Crippen molar-refractivity contribution in [3.05, 3.63) is 29.5 Å². The summed E-state index contributed by atoms with van der Waals surface area (Å²) >= 11 is 6.13. The lowest BCUT2D eigenvalue weighted by atomic mass is 10.0. The molecule has 0 bridgehead atoms. The second-order valence-corrected chi connectivity index (χ2v) is 6.08. The van der Waals surface area contributed by atoms with Gasteiger partial charge >= 0.3 is 6.09 Å². The molecule has 1 aliphatic heterocycles. The van der Waals surface area contributed by atoms with E-state index in [1.807, 2.05) is 18.2 Å². The molecule has 122 valence electrons. The van der Waals surface area contributed by atoms with Crippen LogP contribution in [0.3, 0.4) is 0 Å². The fraction of sp³-hybridized carbons (Fsp3) is 0.438. The molecular weight excluding hydrogens is 316 g/mol. The number of hydrogen-bond donors (Lipinski definition) is 1. The molecule has 1 saturated heterocycles. The molecule has 7 heteroatoms. The largest absolute Gasteiger partial charge is 0.465 e. The minimum atomic E-state index is -0.842. The Morgan fingerprint density at radius 3 is 2.78 bits per heavy atom. The number of carboxylic acid groups (broad SMARTS) is 1. The van der Waals surface area contributed by atoms with Gasteiger partial charge in [-0.3, -0.25) is 0 Å². The second kappa shape index (κ2) is 6.58. The maximum atomic E-state index is 11.1. The number of piperidine rings is 1. The zero-order valence-corrected chi connectivity index (χ0v) is 13.7. The third-order valence-corrected chi connectivity index (χ3v) is 4.60. The number of halogens is 1. The fourth-order valence-corrected chi connectivity index (χ4v) is 3.37. The molecule has 0 radical (unpaired) electrons. The molecule has 0 aliphatic carbocycles. The van der Waals surface area contributed by atoms with Crippen LogP contribution in [0.2, 0.25) is 5.02 Å². The summed E-state index contributed by atoms with van der Waals surface area (Å²) in [6.45, 7) is 4.00. The summed E-state index contributed by atoms with van der Waals surface area (Å²) in [5.74, 6) is 0.869. The van der Waals surface area contributed by atoms with E-state index in [4.69, 9.17) is 16.7 Å². The molecule has 1 N–H and O–H groups in total. The Morgan fingerprint density at radius 1 is 1.39 bits per heavy atom. The van der Waals surface area contributed by atoms with Crippen LogP contribution in [-0.4, -0.2) is 51.7 Å². The Bertz CT molecular complexity index is 716. The first-order chi connectivity index (χ1) is 11.1. The normalized spacial score (nSPS) is 15.8. The van der Waals surface area contributed by atoms with Crippen molar-refractivity contribution in [1.29, 1.82) is 0 Å². The van der Waals surface area contributed by atoms with Crippen LogP contribution >= 0.6 is 11.6 Å². The number of hydrogen-bond acceptors (Lipinski definition) is 4. The number of fused-ring (bicyclic) bond motifs is 1. The van der Waals surface area contributed by atoms with Gasteiger partial charge in [0, 0.05) is 36.1 Å². The van der Waals surface area contributed by atoms with Crippen molar-refractivity contribution in [1.82, 2.24) is 14.9 Å². The number of anilines is 1. The van der Waals surface area contributed by atoms with Gasteiger partial charge in [-0.2, -0.15) is 0 Å². The molecule has 2 aromatic rings. The molecule has 2 heterocycles. The summed E-state index contributed by atoms with van der Waals surface area (Å²) in [5, 5.41) is 10.7. The quantitative estimate of drug-likeness (QED) is 0.933. The van der Waals surface area contributed by atoms with Gasteiger partial charge < -0.3 is 14.9 Å². The smallest absolute Gasteiger partial charge is 0.407 e. The summed E-state index contributed by atoms with van der Waals surface area (Å²) in [5.41, 5.74) is 0.862. The fourth-order valence-electron chi connectivity index (χ4n) is 3.19. The van der Waals surface area contributed by atoms with Crippen molar-refractivity contribution >= 4 is 34.4 Å². The summed E-state index contributed by atoms with van der Waals surface area (Å²) < 4.78 is 0. The van der Waals surface area contributed by atoms with E-state index in [1.165, 1.54) is 4.90 Å². The van der Waals surface area contributed by atoms with Gasteiger partial charge in [0.05, 0.1) is 5.52 Å². The van der Waals surface area contributed by atoms with Crippen LogP contribution in [0.15, 0.2) is 24.5 Å². The van der Waals surface area contributed by atoms with Crippen LogP contribution in [0.5, 0.6) is 0 Å². The van der Waals surface area contributed by atoms with Gasteiger partial charge in [-0.1, -0.05) is 11.6 Å². The number of likely N-dealkylation sites (tertiary alicyclic amines) is 1. The monoisotopic (exact) mass is 334 g/mol. The van der Waals surface area contributed by atoms with Gasteiger partial charge in [-0.05, 0) is 38.0 Å². The van der Waals surface area contributed by atoms with Crippen molar-refractivity contribution in [2.24, 2.45) is 0 Å². The van der Waals surface area contributed by atoms with Crippen LogP contribution in [0.25, 0.3) is 10.9 Å². The average Bonchev–Trinajstić information content (AvgIpc) is 2.56. The Kier molecular flexibility index (Phi) is 4.52. The van der Waals surface area contributed by atoms with Crippen molar-refractivity contribution in [2.45, 2.75) is 25.8 Å². The molecule has 0 spiro atoms. The topological polar surface area (TPSA) is 69.6 Å². The molecule has 1 aliphatic rings. The van der Waals surface area contributed by atoms with Crippen LogP contribution in [0.4, 0.5) is 10.6 Å². The van der Waals surface area contributed by atoms with E-state index in [-0.39, 0.29) is 6.04 Å². The summed E-state index contributed by atoms with van der Waals surface area (Å²) in [6, 6.07) is 5.88. The van der Waals surface area contributed by atoms with Crippen molar-refractivity contribution < 1.29 is 9.90 Å². The highest BCUT2D eigenvalue weighted by atomic mass is 35.5. The molecule has 6 nitrogen and oxygen atoms in total. The highest BCUT2D eigenvalue weighted by Gasteiger charge is 2.27. The Hall–Kier alpha value is -2.08. The van der Waals surface area contributed by atoms with Gasteiger partial charge in [0.15, 0.2) is 0 Å². The molecule has 0 atom stereocenters. The molecule has 3 rings (SSSR count). The standard InChI is InChI=1S/C16H19ClN4O2/c1-2-21(12-5-7-20(8-6-12)16(22)23)15-13-9-11(17)3-4-14(13)18-10-19-15/h3-4,9-10,12H,2,5-8H2,1H3,(H,22,23). The van der Waals surface area contributed by atoms with Gasteiger partial charge in [0.2, 0.25) is 0 Å². The third kappa shape index (κ3) is 3.17. The molecule has 23 heavy (non-hydrogen) atoms. The molecule has 1 aromatic carbocycles. The van der Waals surface area contributed by atoms with Gasteiger partial charge in [-0.25, -0.2) is 14.8 Å².